The first-order valence-electron chi connectivity index (χ1n) is 8.12. The van der Waals surface area contributed by atoms with Crippen molar-refractivity contribution >= 4 is 17.7 Å². The lowest BCUT2D eigenvalue weighted by atomic mass is 10.2. The number of amides is 1. The van der Waals surface area contributed by atoms with Crippen LogP contribution < -0.4 is 5.32 Å². The molecule has 4 nitrogen and oxygen atoms in total. The largest absolute Gasteiger partial charge is 0.340 e. The second-order valence-corrected chi connectivity index (χ2v) is 7.33. The van der Waals surface area contributed by atoms with Crippen LogP contribution in [0.25, 0.3) is 0 Å². The second-order valence-electron chi connectivity index (χ2n) is 5.75. The normalized spacial score (nSPS) is 25.4. The Morgan fingerprint density at radius 3 is 2.80 bits per heavy atom. The van der Waals surface area contributed by atoms with Crippen molar-refractivity contribution in [3.63, 3.8) is 0 Å². The van der Waals surface area contributed by atoms with Crippen LogP contribution in [0.2, 0.25) is 0 Å². The van der Waals surface area contributed by atoms with Gasteiger partial charge in [-0.15, -0.1) is 0 Å². The maximum Gasteiger partial charge on any atom is 0.223 e. The summed E-state index contributed by atoms with van der Waals surface area (Å²) in [4.78, 5) is 16.7. The molecule has 2 saturated heterocycles. The van der Waals surface area contributed by atoms with E-state index < -0.39 is 0 Å². The van der Waals surface area contributed by atoms with Crippen LogP contribution in [0, 0.1) is 0 Å². The minimum Gasteiger partial charge on any atom is -0.340 e. The molecule has 0 aromatic rings. The Balaban J connectivity index is 1.72. The van der Waals surface area contributed by atoms with E-state index in [2.05, 4.69) is 28.9 Å². The molecule has 1 atom stereocenters. The minimum absolute atomic E-state index is 0.343. The first-order valence-corrected chi connectivity index (χ1v) is 9.17. The lowest BCUT2D eigenvalue weighted by molar-refractivity contribution is -0.132. The predicted molar refractivity (Wildman–Crippen MR) is 86.3 cm³/mol. The Morgan fingerprint density at radius 1 is 1.25 bits per heavy atom. The Labute approximate surface area is 127 Å². The van der Waals surface area contributed by atoms with Crippen LogP contribution in [0.15, 0.2) is 0 Å². The van der Waals surface area contributed by atoms with E-state index in [1.807, 2.05) is 4.90 Å². The van der Waals surface area contributed by atoms with E-state index in [1.165, 1.54) is 38.1 Å². The van der Waals surface area contributed by atoms with Gasteiger partial charge in [0, 0.05) is 50.9 Å². The smallest absolute Gasteiger partial charge is 0.223 e. The van der Waals surface area contributed by atoms with E-state index in [1.54, 1.807) is 0 Å². The van der Waals surface area contributed by atoms with Crippen molar-refractivity contribution in [3.8, 4) is 0 Å². The third kappa shape index (κ3) is 5.26. The SMILES string of the molecule is CCSC1CCCCN(CCC(=O)N2CCNCC2)C1. The molecule has 0 spiro atoms. The summed E-state index contributed by atoms with van der Waals surface area (Å²) in [6.45, 7) is 9.20. The zero-order chi connectivity index (χ0) is 14.2. The monoisotopic (exact) mass is 299 g/mol. The number of hydrogen-bond donors (Lipinski definition) is 1. The number of carbonyl (C=O) groups is 1. The number of rotatable bonds is 5. The Bertz CT molecular complexity index is 295. The fourth-order valence-electron chi connectivity index (χ4n) is 3.08. The van der Waals surface area contributed by atoms with Crippen LogP contribution in [-0.2, 0) is 4.79 Å². The van der Waals surface area contributed by atoms with Gasteiger partial charge in [-0.05, 0) is 25.1 Å². The highest BCUT2D eigenvalue weighted by atomic mass is 32.2. The molecule has 5 heteroatoms. The van der Waals surface area contributed by atoms with Gasteiger partial charge in [0.2, 0.25) is 5.91 Å². The molecule has 2 fully saturated rings. The number of carbonyl (C=O) groups excluding carboxylic acids is 1. The maximum atomic E-state index is 12.2. The molecule has 1 unspecified atom stereocenters. The van der Waals surface area contributed by atoms with Crippen molar-refractivity contribution in [2.45, 2.75) is 37.9 Å². The van der Waals surface area contributed by atoms with Gasteiger partial charge in [-0.1, -0.05) is 13.3 Å². The fourth-order valence-corrected chi connectivity index (χ4v) is 4.20. The van der Waals surface area contributed by atoms with Crippen LogP contribution in [-0.4, -0.2) is 72.5 Å². The van der Waals surface area contributed by atoms with Gasteiger partial charge in [0.25, 0.3) is 0 Å². The summed E-state index contributed by atoms with van der Waals surface area (Å²) in [6, 6.07) is 0. The summed E-state index contributed by atoms with van der Waals surface area (Å²) in [5.41, 5.74) is 0. The summed E-state index contributed by atoms with van der Waals surface area (Å²) in [7, 11) is 0. The van der Waals surface area contributed by atoms with Gasteiger partial charge in [-0.3, -0.25) is 4.79 Å². The van der Waals surface area contributed by atoms with Gasteiger partial charge < -0.3 is 15.1 Å². The maximum absolute atomic E-state index is 12.2. The lowest BCUT2D eigenvalue weighted by Gasteiger charge is -2.29. The molecule has 2 heterocycles. The first-order chi connectivity index (χ1) is 9.79. The standard InChI is InChI=1S/C15H29N3OS/c1-2-20-14-5-3-4-9-17(13-14)10-6-15(19)18-11-7-16-8-12-18/h14,16H,2-13H2,1H3. The molecular formula is C15H29N3OS. The summed E-state index contributed by atoms with van der Waals surface area (Å²) < 4.78 is 0. The highest BCUT2D eigenvalue weighted by molar-refractivity contribution is 7.99. The average Bonchev–Trinajstić information content (AvgIpc) is 2.71. The number of piperazine rings is 1. The lowest BCUT2D eigenvalue weighted by Crippen LogP contribution is -2.47. The van der Waals surface area contributed by atoms with Crippen LogP contribution >= 0.6 is 11.8 Å². The highest BCUT2D eigenvalue weighted by Gasteiger charge is 2.20. The molecule has 2 aliphatic rings. The van der Waals surface area contributed by atoms with Crippen molar-refractivity contribution in [2.75, 3.05) is 51.6 Å². The van der Waals surface area contributed by atoms with Crippen molar-refractivity contribution in [1.82, 2.24) is 15.1 Å². The Morgan fingerprint density at radius 2 is 2.05 bits per heavy atom. The molecule has 2 rings (SSSR count). The number of likely N-dealkylation sites (tertiary alicyclic amines) is 1. The van der Waals surface area contributed by atoms with Crippen molar-refractivity contribution in [2.24, 2.45) is 0 Å². The van der Waals surface area contributed by atoms with E-state index in [9.17, 15) is 4.79 Å². The van der Waals surface area contributed by atoms with Gasteiger partial charge in [0.05, 0.1) is 0 Å². The van der Waals surface area contributed by atoms with Crippen molar-refractivity contribution in [1.29, 1.82) is 0 Å². The highest BCUT2D eigenvalue weighted by Crippen LogP contribution is 2.22. The van der Waals surface area contributed by atoms with Crippen molar-refractivity contribution in [3.05, 3.63) is 0 Å². The van der Waals surface area contributed by atoms with Crippen LogP contribution in [0.4, 0.5) is 0 Å². The number of thioether (sulfide) groups is 1. The molecule has 116 valence electrons. The molecule has 0 aromatic heterocycles. The van der Waals surface area contributed by atoms with E-state index in [0.717, 1.165) is 38.0 Å². The fraction of sp³-hybridized carbons (Fsp3) is 0.933. The molecule has 0 bridgehead atoms. The second kappa shape index (κ2) is 8.90. The third-order valence-electron chi connectivity index (χ3n) is 4.23. The van der Waals surface area contributed by atoms with Crippen LogP contribution in [0.1, 0.15) is 32.6 Å². The molecule has 0 saturated carbocycles. The van der Waals surface area contributed by atoms with Crippen LogP contribution in [0.5, 0.6) is 0 Å². The molecule has 0 radical (unpaired) electrons. The van der Waals surface area contributed by atoms with E-state index >= 15 is 0 Å². The molecular weight excluding hydrogens is 270 g/mol. The quantitative estimate of drug-likeness (QED) is 0.833. The molecule has 1 amide bonds. The first kappa shape index (κ1) is 16.1. The number of nitrogens with one attached hydrogen (secondary N) is 1. The third-order valence-corrected chi connectivity index (χ3v) is 5.42. The zero-order valence-electron chi connectivity index (χ0n) is 12.8. The van der Waals surface area contributed by atoms with Crippen LogP contribution in [0.3, 0.4) is 0 Å². The number of nitrogens with zero attached hydrogens (tertiary/aromatic N) is 2. The van der Waals surface area contributed by atoms with Gasteiger partial charge in [-0.25, -0.2) is 0 Å². The summed E-state index contributed by atoms with van der Waals surface area (Å²) in [6.07, 6.45) is 4.69. The average molecular weight is 299 g/mol. The van der Waals surface area contributed by atoms with Gasteiger partial charge in [-0.2, -0.15) is 11.8 Å². The van der Waals surface area contributed by atoms with E-state index in [0.29, 0.717) is 12.3 Å². The van der Waals surface area contributed by atoms with E-state index in [-0.39, 0.29) is 0 Å². The molecule has 1 N–H and O–H groups in total. The predicted octanol–water partition coefficient (Wildman–Crippen LogP) is 1.42. The van der Waals surface area contributed by atoms with Gasteiger partial charge >= 0.3 is 0 Å². The summed E-state index contributed by atoms with van der Waals surface area (Å²) >= 11 is 2.09. The number of hydrogen-bond acceptors (Lipinski definition) is 4. The zero-order valence-corrected chi connectivity index (χ0v) is 13.6. The Hall–Kier alpha value is -0.260. The minimum atomic E-state index is 0.343. The van der Waals surface area contributed by atoms with Gasteiger partial charge in [0.1, 0.15) is 0 Å². The molecule has 0 aliphatic carbocycles. The summed E-state index contributed by atoms with van der Waals surface area (Å²) in [5.74, 6) is 1.55. The van der Waals surface area contributed by atoms with Crippen molar-refractivity contribution < 1.29 is 4.79 Å². The summed E-state index contributed by atoms with van der Waals surface area (Å²) in [5, 5.41) is 4.07. The topological polar surface area (TPSA) is 35.6 Å². The van der Waals surface area contributed by atoms with Gasteiger partial charge in [0.15, 0.2) is 0 Å². The molecule has 0 aromatic carbocycles. The Kier molecular flexibility index (Phi) is 7.17. The van der Waals surface area contributed by atoms with E-state index in [4.69, 9.17) is 0 Å². The molecule has 2 aliphatic heterocycles. The molecule has 20 heavy (non-hydrogen) atoms.